The van der Waals surface area contributed by atoms with Crippen molar-refractivity contribution in [3.8, 4) is 12.3 Å². The van der Waals surface area contributed by atoms with Crippen LogP contribution in [0.15, 0.2) is 22.7 Å². The molecule has 0 fully saturated rings. The van der Waals surface area contributed by atoms with E-state index in [0.29, 0.717) is 5.69 Å². The van der Waals surface area contributed by atoms with Gasteiger partial charge in [0, 0.05) is 10.2 Å². The minimum Gasteiger partial charge on any atom is -0.315 e. The van der Waals surface area contributed by atoms with E-state index in [-0.39, 0.29) is 0 Å². The van der Waals surface area contributed by atoms with Gasteiger partial charge >= 0.3 is 0 Å². The highest BCUT2D eigenvalue weighted by molar-refractivity contribution is 9.10. The number of hydrogen-bond donors (Lipinski definition) is 1. The summed E-state index contributed by atoms with van der Waals surface area (Å²) in [5.41, 5.74) is 1.76. The molecule has 13 heavy (non-hydrogen) atoms. The largest absolute Gasteiger partial charge is 0.315 e. The van der Waals surface area contributed by atoms with Gasteiger partial charge in [0.05, 0.1) is 0 Å². The molecule has 0 atom stereocenters. The van der Waals surface area contributed by atoms with E-state index in [1.165, 1.54) is 0 Å². The van der Waals surface area contributed by atoms with Crippen LogP contribution in [-0.4, -0.2) is 5.91 Å². The zero-order valence-corrected chi connectivity index (χ0v) is 8.68. The van der Waals surface area contributed by atoms with Gasteiger partial charge in [-0.2, -0.15) is 0 Å². The van der Waals surface area contributed by atoms with Crippen molar-refractivity contribution in [2.24, 2.45) is 0 Å². The Kier molecular flexibility index (Phi) is 3.10. The first kappa shape index (κ1) is 9.82. The maximum Gasteiger partial charge on any atom is 0.300 e. The fourth-order valence-corrected chi connectivity index (χ4v) is 1.58. The average Bonchev–Trinajstić information content (AvgIpc) is 2.02. The third-order valence-corrected chi connectivity index (χ3v) is 1.89. The number of benzene rings is 1. The van der Waals surface area contributed by atoms with Crippen LogP contribution in [0.25, 0.3) is 0 Å². The molecule has 1 N–H and O–H groups in total. The number of nitrogens with one attached hydrogen (secondary N) is 1. The maximum atomic E-state index is 10.8. The van der Waals surface area contributed by atoms with Gasteiger partial charge < -0.3 is 5.32 Å². The summed E-state index contributed by atoms with van der Waals surface area (Å²) < 4.78 is 0.917. The van der Waals surface area contributed by atoms with Gasteiger partial charge in [0.25, 0.3) is 5.91 Å². The van der Waals surface area contributed by atoms with E-state index < -0.39 is 5.91 Å². The molecule has 0 radical (unpaired) electrons. The number of anilines is 1. The Bertz CT molecular complexity index is 359. The molecule has 1 rings (SSSR count). The summed E-state index contributed by atoms with van der Waals surface area (Å²) in [5, 5.41) is 2.57. The Hall–Kier alpha value is -1.27. The van der Waals surface area contributed by atoms with Gasteiger partial charge in [-0.15, -0.1) is 6.42 Å². The SMILES string of the molecule is C#CC(=O)Nc1cc(C)cc(Br)c1. The van der Waals surface area contributed by atoms with Gasteiger partial charge in [0.2, 0.25) is 0 Å². The lowest BCUT2D eigenvalue weighted by Crippen LogP contribution is -2.07. The number of aryl methyl sites for hydroxylation is 1. The average molecular weight is 238 g/mol. The van der Waals surface area contributed by atoms with Gasteiger partial charge in [0.1, 0.15) is 0 Å². The van der Waals surface area contributed by atoms with E-state index >= 15 is 0 Å². The van der Waals surface area contributed by atoms with Gasteiger partial charge in [0.15, 0.2) is 0 Å². The lowest BCUT2D eigenvalue weighted by molar-refractivity contribution is -0.111. The lowest BCUT2D eigenvalue weighted by atomic mass is 10.2. The van der Waals surface area contributed by atoms with Crippen LogP contribution in [0, 0.1) is 19.3 Å². The van der Waals surface area contributed by atoms with Crippen LogP contribution in [0.3, 0.4) is 0 Å². The summed E-state index contributed by atoms with van der Waals surface area (Å²) >= 11 is 3.32. The second kappa shape index (κ2) is 4.11. The van der Waals surface area contributed by atoms with E-state index in [9.17, 15) is 4.79 Å². The third kappa shape index (κ3) is 2.92. The molecule has 0 aliphatic carbocycles. The van der Waals surface area contributed by atoms with E-state index in [2.05, 4.69) is 21.2 Å². The number of carbonyl (C=O) groups is 1. The first-order valence-corrected chi connectivity index (χ1v) is 4.46. The first-order chi connectivity index (χ1) is 6.11. The molecule has 0 aromatic heterocycles. The molecule has 0 aliphatic rings. The number of rotatable bonds is 1. The van der Waals surface area contributed by atoms with E-state index in [0.717, 1.165) is 10.0 Å². The second-order valence-electron chi connectivity index (χ2n) is 2.62. The van der Waals surface area contributed by atoms with Crippen molar-refractivity contribution in [1.29, 1.82) is 0 Å². The first-order valence-electron chi connectivity index (χ1n) is 3.66. The fraction of sp³-hybridized carbons (Fsp3) is 0.100. The van der Waals surface area contributed by atoms with Crippen LogP contribution in [0.2, 0.25) is 0 Å². The highest BCUT2D eigenvalue weighted by atomic mass is 79.9. The summed E-state index contributed by atoms with van der Waals surface area (Å²) in [4.78, 5) is 10.8. The van der Waals surface area contributed by atoms with E-state index in [4.69, 9.17) is 6.42 Å². The van der Waals surface area contributed by atoms with Gasteiger partial charge in [-0.3, -0.25) is 4.79 Å². The second-order valence-corrected chi connectivity index (χ2v) is 3.53. The Morgan fingerprint density at radius 1 is 1.54 bits per heavy atom. The normalized spacial score (nSPS) is 9.00. The monoisotopic (exact) mass is 237 g/mol. The predicted molar refractivity (Wildman–Crippen MR) is 56.3 cm³/mol. The van der Waals surface area contributed by atoms with Crippen LogP contribution in [0.4, 0.5) is 5.69 Å². The number of amides is 1. The van der Waals surface area contributed by atoms with E-state index in [1.54, 1.807) is 6.07 Å². The van der Waals surface area contributed by atoms with E-state index in [1.807, 2.05) is 25.0 Å². The third-order valence-electron chi connectivity index (χ3n) is 1.43. The molecule has 2 nitrogen and oxygen atoms in total. The zero-order valence-electron chi connectivity index (χ0n) is 7.10. The number of carbonyl (C=O) groups excluding carboxylic acids is 1. The Morgan fingerprint density at radius 2 is 2.23 bits per heavy atom. The molecule has 0 saturated carbocycles. The summed E-state index contributed by atoms with van der Waals surface area (Å²) in [7, 11) is 0. The topological polar surface area (TPSA) is 29.1 Å². The number of halogens is 1. The molecule has 66 valence electrons. The van der Waals surface area contributed by atoms with Crippen LogP contribution in [-0.2, 0) is 4.79 Å². The van der Waals surface area contributed by atoms with Crippen LogP contribution < -0.4 is 5.32 Å². The summed E-state index contributed by atoms with van der Waals surface area (Å²) in [6, 6.07) is 5.59. The summed E-state index contributed by atoms with van der Waals surface area (Å²) in [6.07, 6.45) is 4.92. The van der Waals surface area contributed by atoms with Crippen LogP contribution >= 0.6 is 15.9 Å². The molecular formula is C10H8BrNO. The lowest BCUT2D eigenvalue weighted by Gasteiger charge is -2.03. The molecule has 0 unspecified atom stereocenters. The molecule has 0 saturated heterocycles. The predicted octanol–water partition coefficient (Wildman–Crippen LogP) is 2.33. The smallest absolute Gasteiger partial charge is 0.300 e. The fourth-order valence-electron chi connectivity index (χ4n) is 0.976. The molecule has 1 aromatic carbocycles. The van der Waals surface area contributed by atoms with Crippen molar-refractivity contribution >= 4 is 27.5 Å². The standard InChI is InChI=1S/C10H8BrNO/c1-3-10(13)12-9-5-7(2)4-8(11)6-9/h1,4-6H,2H3,(H,12,13). The molecule has 0 aliphatic heterocycles. The maximum absolute atomic E-state index is 10.8. The molecule has 0 bridgehead atoms. The molecular weight excluding hydrogens is 230 g/mol. The van der Waals surface area contributed by atoms with Crippen molar-refractivity contribution in [3.63, 3.8) is 0 Å². The van der Waals surface area contributed by atoms with Crippen molar-refractivity contribution in [1.82, 2.24) is 0 Å². The van der Waals surface area contributed by atoms with Gasteiger partial charge in [-0.1, -0.05) is 15.9 Å². The zero-order chi connectivity index (χ0) is 9.84. The van der Waals surface area contributed by atoms with Gasteiger partial charge in [-0.05, 0) is 36.6 Å². The molecule has 0 heterocycles. The van der Waals surface area contributed by atoms with Crippen molar-refractivity contribution in [3.05, 3.63) is 28.2 Å². The number of hydrogen-bond acceptors (Lipinski definition) is 1. The Labute approximate surface area is 85.5 Å². The van der Waals surface area contributed by atoms with Crippen LogP contribution in [0.5, 0.6) is 0 Å². The molecule has 0 spiro atoms. The molecule has 3 heteroatoms. The molecule has 1 amide bonds. The van der Waals surface area contributed by atoms with Crippen LogP contribution in [0.1, 0.15) is 5.56 Å². The quantitative estimate of drug-likeness (QED) is 0.747. The molecule has 1 aromatic rings. The van der Waals surface area contributed by atoms with Crippen molar-refractivity contribution < 1.29 is 4.79 Å². The van der Waals surface area contributed by atoms with Gasteiger partial charge in [-0.25, -0.2) is 0 Å². The number of terminal acetylenes is 1. The Morgan fingerprint density at radius 3 is 2.77 bits per heavy atom. The Balaban J connectivity index is 2.91. The summed E-state index contributed by atoms with van der Waals surface area (Å²) in [5.74, 6) is 1.55. The van der Waals surface area contributed by atoms with Crippen molar-refractivity contribution in [2.45, 2.75) is 6.92 Å². The highest BCUT2D eigenvalue weighted by Crippen LogP contribution is 2.18. The van der Waals surface area contributed by atoms with Crippen molar-refractivity contribution in [2.75, 3.05) is 5.32 Å². The highest BCUT2D eigenvalue weighted by Gasteiger charge is 1.99. The minimum atomic E-state index is -0.433. The minimum absolute atomic E-state index is 0.433. The summed E-state index contributed by atoms with van der Waals surface area (Å²) in [6.45, 7) is 1.94.